The van der Waals surface area contributed by atoms with E-state index in [1.54, 1.807) is 18.3 Å². The lowest BCUT2D eigenvalue weighted by Crippen LogP contribution is -2.29. The number of rotatable bonds is 6. The second kappa shape index (κ2) is 7.54. The highest BCUT2D eigenvalue weighted by Gasteiger charge is 2.09. The van der Waals surface area contributed by atoms with Crippen molar-refractivity contribution in [1.29, 1.82) is 0 Å². The molecule has 1 atom stereocenters. The summed E-state index contributed by atoms with van der Waals surface area (Å²) in [5.41, 5.74) is 0.826. The predicted octanol–water partition coefficient (Wildman–Crippen LogP) is 3.12. The fourth-order valence-electron chi connectivity index (χ4n) is 1.67. The molecule has 0 fully saturated rings. The van der Waals surface area contributed by atoms with E-state index in [9.17, 15) is 9.18 Å². The number of nitrogens with zero attached hydrogens (tertiary/aromatic N) is 1. The summed E-state index contributed by atoms with van der Waals surface area (Å²) in [6.07, 6.45) is 1.56. The first-order valence-corrected chi connectivity index (χ1v) is 7.27. The standard InChI is InChI=1S/C15H15FN2O2S/c1-11(12-4-6-13(16)7-5-12)18-15(19)10-20-17-9-14-3-2-8-21-14/h2-9,11H,10H2,1H3,(H,18,19). The summed E-state index contributed by atoms with van der Waals surface area (Å²) in [4.78, 5) is 17.6. The highest BCUT2D eigenvalue weighted by Crippen LogP contribution is 2.12. The molecule has 1 aromatic heterocycles. The van der Waals surface area contributed by atoms with E-state index < -0.39 is 0 Å². The predicted molar refractivity (Wildman–Crippen MR) is 80.8 cm³/mol. The topological polar surface area (TPSA) is 50.7 Å². The van der Waals surface area contributed by atoms with Crippen LogP contribution in [-0.2, 0) is 9.63 Å². The van der Waals surface area contributed by atoms with Gasteiger partial charge >= 0.3 is 0 Å². The number of halogens is 1. The molecule has 110 valence electrons. The lowest BCUT2D eigenvalue weighted by molar-refractivity contribution is -0.126. The first-order chi connectivity index (χ1) is 10.1. The Morgan fingerprint density at radius 2 is 2.19 bits per heavy atom. The molecule has 0 saturated heterocycles. The van der Waals surface area contributed by atoms with Crippen molar-refractivity contribution in [3.8, 4) is 0 Å². The van der Waals surface area contributed by atoms with E-state index in [0.717, 1.165) is 10.4 Å². The fourth-order valence-corrected chi connectivity index (χ4v) is 2.24. The maximum Gasteiger partial charge on any atom is 0.261 e. The van der Waals surface area contributed by atoms with Gasteiger partial charge < -0.3 is 10.2 Å². The molecular formula is C15H15FN2O2S. The molecule has 4 nitrogen and oxygen atoms in total. The lowest BCUT2D eigenvalue weighted by atomic mass is 10.1. The Morgan fingerprint density at radius 3 is 2.86 bits per heavy atom. The smallest absolute Gasteiger partial charge is 0.261 e. The zero-order chi connectivity index (χ0) is 15.1. The third-order valence-corrected chi connectivity index (χ3v) is 3.55. The van der Waals surface area contributed by atoms with Crippen LogP contribution in [0.1, 0.15) is 23.4 Å². The van der Waals surface area contributed by atoms with Gasteiger partial charge in [-0.05, 0) is 36.1 Å². The maximum atomic E-state index is 12.8. The normalized spacial score (nSPS) is 12.3. The number of amides is 1. The van der Waals surface area contributed by atoms with Gasteiger partial charge in [0.1, 0.15) is 5.82 Å². The van der Waals surface area contributed by atoms with Crippen molar-refractivity contribution < 1.29 is 14.0 Å². The van der Waals surface area contributed by atoms with E-state index in [2.05, 4.69) is 10.5 Å². The van der Waals surface area contributed by atoms with Gasteiger partial charge in [0.05, 0.1) is 12.3 Å². The average Bonchev–Trinajstić information content (AvgIpc) is 2.97. The van der Waals surface area contributed by atoms with Gasteiger partial charge in [-0.15, -0.1) is 11.3 Å². The fraction of sp³-hybridized carbons (Fsp3) is 0.200. The molecule has 0 aliphatic carbocycles. The second-order valence-corrected chi connectivity index (χ2v) is 5.34. The number of thiophene rings is 1. The first kappa shape index (κ1) is 15.2. The molecule has 0 aliphatic heterocycles. The molecule has 2 rings (SSSR count). The summed E-state index contributed by atoms with van der Waals surface area (Å²) in [6.45, 7) is 1.66. The lowest BCUT2D eigenvalue weighted by Gasteiger charge is -2.13. The average molecular weight is 306 g/mol. The van der Waals surface area contributed by atoms with Gasteiger partial charge in [0.2, 0.25) is 0 Å². The Kier molecular flexibility index (Phi) is 5.45. The van der Waals surface area contributed by atoms with Gasteiger partial charge in [0.25, 0.3) is 5.91 Å². The number of nitrogens with one attached hydrogen (secondary N) is 1. The SMILES string of the molecule is CC(NC(=O)CON=Cc1cccs1)c1ccc(F)cc1. The van der Waals surface area contributed by atoms with Crippen LogP contribution < -0.4 is 5.32 Å². The zero-order valence-electron chi connectivity index (χ0n) is 11.5. The van der Waals surface area contributed by atoms with Crippen molar-refractivity contribution in [2.24, 2.45) is 5.16 Å². The van der Waals surface area contributed by atoms with Crippen LogP contribution in [-0.4, -0.2) is 18.7 Å². The van der Waals surface area contributed by atoms with Crippen LogP contribution in [0.3, 0.4) is 0 Å². The Hall–Kier alpha value is -2.21. The number of carbonyl (C=O) groups is 1. The molecule has 1 heterocycles. The van der Waals surface area contributed by atoms with Crippen LogP contribution in [0.5, 0.6) is 0 Å². The summed E-state index contributed by atoms with van der Waals surface area (Å²) in [5.74, 6) is -0.585. The minimum atomic E-state index is -0.302. The highest BCUT2D eigenvalue weighted by atomic mass is 32.1. The molecule has 21 heavy (non-hydrogen) atoms. The highest BCUT2D eigenvalue weighted by molar-refractivity contribution is 7.11. The van der Waals surface area contributed by atoms with E-state index in [4.69, 9.17) is 4.84 Å². The Bertz CT molecular complexity index is 597. The molecule has 0 aliphatic rings. The molecule has 1 amide bonds. The monoisotopic (exact) mass is 306 g/mol. The van der Waals surface area contributed by atoms with Crippen LogP contribution in [0, 0.1) is 5.82 Å². The van der Waals surface area contributed by atoms with E-state index in [-0.39, 0.29) is 24.4 Å². The van der Waals surface area contributed by atoms with E-state index in [0.29, 0.717) is 0 Å². The molecular weight excluding hydrogens is 291 g/mol. The van der Waals surface area contributed by atoms with Gasteiger partial charge in [0, 0.05) is 4.88 Å². The molecule has 0 saturated carbocycles. The Balaban J connectivity index is 1.75. The molecule has 0 radical (unpaired) electrons. The second-order valence-electron chi connectivity index (χ2n) is 4.36. The third-order valence-electron chi connectivity index (χ3n) is 2.74. The molecule has 1 N–H and O–H groups in total. The van der Waals surface area contributed by atoms with E-state index in [1.165, 1.54) is 23.5 Å². The molecule has 6 heteroatoms. The minimum absolute atomic E-state index is 0.159. The molecule has 1 aromatic carbocycles. The summed E-state index contributed by atoms with van der Waals surface area (Å²) in [5, 5.41) is 8.40. The molecule has 0 bridgehead atoms. The van der Waals surface area contributed by atoms with Gasteiger partial charge in [0.15, 0.2) is 6.61 Å². The van der Waals surface area contributed by atoms with Crippen molar-refractivity contribution in [3.63, 3.8) is 0 Å². The summed E-state index contributed by atoms with van der Waals surface area (Å²) >= 11 is 1.53. The van der Waals surface area contributed by atoms with Crippen molar-refractivity contribution in [1.82, 2.24) is 5.32 Å². The summed E-state index contributed by atoms with van der Waals surface area (Å²) in [6, 6.07) is 9.58. The van der Waals surface area contributed by atoms with Crippen LogP contribution in [0.4, 0.5) is 4.39 Å². The largest absolute Gasteiger partial charge is 0.386 e. The van der Waals surface area contributed by atoms with Crippen LogP contribution in [0.25, 0.3) is 0 Å². The number of benzene rings is 1. The molecule has 1 unspecified atom stereocenters. The first-order valence-electron chi connectivity index (χ1n) is 6.39. The van der Waals surface area contributed by atoms with Crippen molar-refractivity contribution in [3.05, 3.63) is 58.0 Å². The van der Waals surface area contributed by atoms with Crippen molar-refractivity contribution >= 4 is 23.5 Å². The number of carbonyl (C=O) groups excluding carboxylic acids is 1. The van der Waals surface area contributed by atoms with Gasteiger partial charge in [-0.2, -0.15) is 0 Å². The summed E-state index contributed by atoms with van der Waals surface area (Å²) in [7, 11) is 0. The Morgan fingerprint density at radius 1 is 1.43 bits per heavy atom. The van der Waals surface area contributed by atoms with Gasteiger partial charge in [-0.1, -0.05) is 23.4 Å². The molecule has 2 aromatic rings. The quantitative estimate of drug-likeness (QED) is 0.658. The van der Waals surface area contributed by atoms with Gasteiger partial charge in [-0.3, -0.25) is 4.79 Å². The molecule has 0 spiro atoms. The van der Waals surface area contributed by atoms with Gasteiger partial charge in [-0.25, -0.2) is 4.39 Å². The minimum Gasteiger partial charge on any atom is -0.386 e. The van der Waals surface area contributed by atoms with Crippen molar-refractivity contribution in [2.45, 2.75) is 13.0 Å². The third kappa shape index (κ3) is 5.00. The maximum absolute atomic E-state index is 12.8. The van der Waals surface area contributed by atoms with Crippen LogP contribution >= 0.6 is 11.3 Å². The zero-order valence-corrected chi connectivity index (χ0v) is 12.3. The van der Waals surface area contributed by atoms with Crippen LogP contribution in [0.15, 0.2) is 46.9 Å². The van der Waals surface area contributed by atoms with E-state index >= 15 is 0 Å². The number of hydrogen-bond donors (Lipinski definition) is 1. The number of hydrogen-bond acceptors (Lipinski definition) is 4. The van der Waals surface area contributed by atoms with E-state index in [1.807, 2.05) is 24.4 Å². The summed E-state index contributed by atoms with van der Waals surface area (Å²) < 4.78 is 12.8. The van der Waals surface area contributed by atoms with Crippen molar-refractivity contribution in [2.75, 3.05) is 6.61 Å². The number of oxime groups is 1. The van der Waals surface area contributed by atoms with Crippen LogP contribution in [0.2, 0.25) is 0 Å². The Labute approximate surface area is 126 Å².